The summed E-state index contributed by atoms with van der Waals surface area (Å²) >= 11 is 0. The van der Waals surface area contributed by atoms with Crippen molar-refractivity contribution in [2.24, 2.45) is 0 Å². The van der Waals surface area contributed by atoms with Gasteiger partial charge in [-0.05, 0) is 30.5 Å². The SMILES string of the molecule is O=C(N[C@@H](Cc1c[nH]cn1)C(=O)N1CCC[C@H]1C(=O)Nc1ccccc1)OCc1ccccc1. The molecule has 1 aliphatic rings. The van der Waals surface area contributed by atoms with Crippen LogP contribution in [-0.2, 0) is 27.4 Å². The van der Waals surface area contributed by atoms with E-state index in [2.05, 4.69) is 20.6 Å². The highest BCUT2D eigenvalue weighted by Crippen LogP contribution is 2.21. The number of aromatic nitrogens is 2. The molecule has 2 aromatic carbocycles. The molecule has 0 bridgehead atoms. The van der Waals surface area contributed by atoms with Gasteiger partial charge in [-0.15, -0.1) is 0 Å². The number of hydrogen-bond donors (Lipinski definition) is 3. The van der Waals surface area contributed by atoms with Crippen molar-refractivity contribution in [2.45, 2.75) is 38.0 Å². The van der Waals surface area contributed by atoms with Gasteiger partial charge in [0, 0.05) is 24.8 Å². The third-order valence-electron chi connectivity index (χ3n) is 5.65. The molecule has 34 heavy (non-hydrogen) atoms. The molecule has 0 unspecified atom stereocenters. The number of para-hydroxylation sites is 1. The summed E-state index contributed by atoms with van der Waals surface area (Å²) in [6.45, 7) is 0.519. The number of rotatable bonds is 8. The molecule has 2 heterocycles. The van der Waals surface area contributed by atoms with E-state index in [1.54, 1.807) is 18.3 Å². The van der Waals surface area contributed by atoms with E-state index < -0.39 is 18.2 Å². The summed E-state index contributed by atoms with van der Waals surface area (Å²) in [4.78, 5) is 47.5. The molecule has 9 heteroatoms. The van der Waals surface area contributed by atoms with Gasteiger partial charge in [0.1, 0.15) is 18.7 Å². The number of hydrogen-bond acceptors (Lipinski definition) is 5. The number of nitrogens with zero attached hydrogens (tertiary/aromatic N) is 2. The first kappa shape index (κ1) is 23.0. The summed E-state index contributed by atoms with van der Waals surface area (Å²) < 4.78 is 5.32. The number of carbonyl (C=O) groups excluding carboxylic acids is 3. The normalized spacial score (nSPS) is 16.0. The van der Waals surface area contributed by atoms with E-state index in [-0.39, 0.29) is 24.8 Å². The molecule has 0 saturated carbocycles. The monoisotopic (exact) mass is 461 g/mol. The van der Waals surface area contributed by atoms with Crippen molar-refractivity contribution in [1.82, 2.24) is 20.2 Å². The molecule has 0 aliphatic carbocycles. The Morgan fingerprint density at radius 3 is 2.53 bits per heavy atom. The molecular formula is C25H27N5O4. The molecule has 1 fully saturated rings. The second-order valence-corrected chi connectivity index (χ2v) is 8.07. The summed E-state index contributed by atoms with van der Waals surface area (Å²) in [5.74, 6) is -0.590. The highest BCUT2D eigenvalue weighted by atomic mass is 16.5. The molecule has 4 rings (SSSR count). The minimum absolute atomic E-state index is 0.0851. The number of H-pyrrole nitrogens is 1. The van der Waals surface area contributed by atoms with Crippen molar-refractivity contribution >= 4 is 23.6 Å². The van der Waals surface area contributed by atoms with Gasteiger partial charge in [0.25, 0.3) is 0 Å². The largest absolute Gasteiger partial charge is 0.445 e. The lowest BCUT2D eigenvalue weighted by molar-refractivity contribution is -0.138. The van der Waals surface area contributed by atoms with E-state index in [1.165, 1.54) is 11.2 Å². The standard InChI is InChI=1S/C25H27N5O4/c31-23(28-19-10-5-2-6-11-19)22-12-7-13-30(22)24(32)21(14-20-15-26-17-27-20)29-25(33)34-16-18-8-3-1-4-9-18/h1-6,8-11,15,17,21-22H,7,12-14,16H2,(H,26,27)(H,28,31)(H,29,33)/t21-,22-/m0/s1. The van der Waals surface area contributed by atoms with Gasteiger partial charge in [0.2, 0.25) is 11.8 Å². The Morgan fingerprint density at radius 1 is 1.09 bits per heavy atom. The fraction of sp³-hybridized carbons (Fsp3) is 0.280. The average Bonchev–Trinajstić information content (AvgIpc) is 3.56. The Balaban J connectivity index is 1.43. The quantitative estimate of drug-likeness (QED) is 0.477. The van der Waals surface area contributed by atoms with E-state index in [1.807, 2.05) is 48.5 Å². The highest BCUT2D eigenvalue weighted by molar-refractivity contribution is 5.98. The number of nitrogens with one attached hydrogen (secondary N) is 3. The van der Waals surface area contributed by atoms with Crippen LogP contribution in [0.25, 0.3) is 0 Å². The van der Waals surface area contributed by atoms with Crippen LogP contribution in [0.3, 0.4) is 0 Å². The van der Waals surface area contributed by atoms with Gasteiger partial charge in [0.05, 0.1) is 12.0 Å². The minimum Gasteiger partial charge on any atom is -0.445 e. The first-order valence-electron chi connectivity index (χ1n) is 11.2. The smallest absolute Gasteiger partial charge is 0.408 e. The van der Waals surface area contributed by atoms with Crippen LogP contribution in [0.1, 0.15) is 24.1 Å². The van der Waals surface area contributed by atoms with Crippen LogP contribution in [0.2, 0.25) is 0 Å². The van der Waals surface area contributed by atoms with Crippen molar-refractivity contribution in [1.29, 1.82) is 0 Å². The number of ether oxygens (including phenoxy) is 1. The Morgan fingerprint density at radius 2 is 1.82 bits per heavy atom. The Bertz CT molecular complexity index is 1090. The molecule has 9 nitrogen and oxygen atoms in total. The van der Waals surface area contributed by atoms with Crippen LogP contribution < -0.4 is 10.6 Å². The summed E-state index contributed by atoms with van der Waals surface area (Å²) in [5, 5.41) is 5.54. The maximum absolute atomic E-state index is 13.5. The molecule has 2 atom stereocenters. The molecule has 1 saturated heterocycles. The molecule has 0 radical (unpaired) electrons. The average molecular weight is 462 g/mol. The summed E-state index contributed by atoms with van der Waals surface area (Å²) in [6, 6.07) is 16.9. The Hall–Kier alpha value is -4.14. The zero-order valence-corrected chi connectivity index (χ0v) is 18.6. The second-order valence-electron chi connectivity index (χ2n) is 8.07. The molecular weight excluding hydrogens is 434 g/mol. The number of amides is 3. The number of alkyl carbamates (subject to hydrolysis) is 1. The van der Waals surface area contributed by atoms with Gasteiger partial charge in [-0.2, -0.15) is 0 Å². The Labute approximate surface area is 197 Å². The van der Waals surface area contributed by atoms with Crippen LogP contribution in [0.5, 0.6) is 0 Å². The minimum atomic E-state index is -0.920. The van der Waals surface area contributed by atoms with E-state index in [4.69, 9.17) is 4.74 Å². The first-order valence-corrected chi connectivity index (χ1v) is 11.2. The molecule has 3 N–H and O–H groups in total. The lowest BCUT2D eigenvalue weighted by Gasteiger charge is -2.28. The van der Waals surface area contributed by atoms with Gasteiger partial charge in [-0.25, -0.2) is 9.78 Å². The van der Waals surface area contributed by atoms with Crippen molar-refractivity contribution < 1.29 is 19.1 Å². The number of benzene rings is 2. The van der Waals surface area contributed by atoms with Crippen molar-refractivity contribution in [3.8, 4) is 0 Å². The van der Waals surface area contributed by atoms with E-state index >= 15 is 0 Å². The van der Waals surface area contributed by atoms with Crippen LogP contribution in [0.15, 0.2) is 73.2 Å². The zero-order valence-electron chi connectivity index (χ0n) is 18.6. The number of likely N-dealkylation sites (tertiary alicyclic amines) is 1. The molecule has 3 aromatic rings. The third kappa shape index (κ3) is 6.00. The van der Waals surface area contributed by atoms with Gasteiger partial charge in [-0.1, -0.05) is 48.5 Å². The number of imidazole rings is 1. The van der Waals surface area contributed by atoms with E-state index in [9.17, 15) is 14.4 Å². The molecule has 0 spiro atoms. The van der Waals surface area contributed by atoms with Crippen molar-refractivity contribution in [3.05, 3.63) is 84.4 Å². The zero-order chi connectivity index (χ0) is 23.8. The fourth-order valence-electron chi connectivity index (χ4n) is 3.97. The lowest BCUT2D eigenvalue weighted by atomic mass is 10.1. The fourth-order valence-corrected chi connectivity index (χ4v) is 3.97. The van der Waals surface area contributed by atoms with Crippen molar-refractivity contribution in [3.63, 3.8) is 0 Å². The third-order valence-corrected chi connectivity index (χ3v) is 5.65. The number of anilines is 1. The number of carbonyl (C=O) groups is 3. The summed E-state index contributed by atoms with van der Waals surface area (Å²) in [5.41, 5.74) is 2.12. The van der Waals surface area contributed by atoms with Gasteiger partial charge in [0.15, 0.2) is 0 Å². The van der Waals surface area contributed by atoms with Gasteiger partial charge in [-0.3, -0.25) is 9.59 Å². The van der Waals surface area contributed by atoms with Crippen molar-refractivity contribution in [2.75, 3.05) is 11.9 Å². The Kier molecular flexibility index (Phi) is 7.54. The molecule has 3 amide bonds. The predicted molar refractivity (Wildman–Crippen MR) is 126 cm³/mol. The lowest BCUT2D eigenvalue weighted by Crippen LogP contribution is -2.53. The summed E-state index contributed by atoms with van der Waals surface area (Å²) in [7, 11) is 0. The van der Waals surface area contributed by atoms with Gasteiger partial charge < -0.3 is 25.3 Å². The highest BCUT2D eigenvalue weighted by Gasteiger charge is 2.38. The summed E-state index contributed by atoms with van der Waals surface area (Å²) in [6.07, 6.45) is 3.90. The van der Waals surface area contributed by atoms with E-state index in [0.717, 1.165) is 5.56 Å². The van der Waals surface area contributed by atoms with Crippen LogP contribution in [0.4, 0.5) is 10.5 Å². The predicted octanol–water partition coefficient (Wildman–Crippen LogP) is 2.88. The second kappa shape index (κ2) is 11.1. The topological polar surface area (TPSA) is 116 Å². The maximum atomic E-state index is 13.5. The maximum Gasteiger partial charge on any atom is 0.408 e. The van der Waals surface area contributed by atoms with Gasteiger partial charge >= 0.3 is 6.09 Å². The molecule has 1 aliphatic heterocycles. The van der Waals surface area contributed by atoms with E-state index in [0.29, 0.717) is 30.8 Å². The van der Waals surface area contributed by atoms with Crippen LogP contribution in [0, 0.1) is 0 Å². The molecule has 1 aromatic heterocycles. The van der Waals surface area contributed by atoms with Crippen LogP contribution in [-0.4, -0.2) is 51.4 Å². The van der Waals surface area contributed by atoms with Crippen LogP contribution >= 0.6 is 0 Å². The number of aromatic amines is 1. The first-order chi connectivity index (χ1) is 16.6. The molecule has 176 valence electrons.